The highest BCUT2D eigenvalue weighted by Crippen LogP contribution is 2.36. The lowest BCUT2D eigenvalue weighted by atomic mass is 9.81. The SMILES string of the molecule is CC(C)C[C@](CO)(C(=O)O)C(O)SCC(O)CO. The molecule has 0 saturated carbocycles. The molecule has 0 amide bonds. The van der Waals surface area contributed by atoms with Crippen LogP contribution in [0.1, 0.15) is 20.3 Å². The topological polar surface area (TPSA) is 118 Å². The molecular formula is C11H22O6S. The number of carbonyl (C=O) groups is 1. The van der Waals surface area contributed by atoms with Crippen LogP contribution in [0, 0.1) is 11.3 Å². The van der Waals surface area contributed by atoms with E-state index in [4.69, 9.17) is 5.11 Å². The Balaban J connectivity index is 4.78. The van der Waals surface area contributed by atoms with E-state index in [1.807, 2.05) is 0 Å². The minimum Gasteiger partial charge on any atom is -0.481 e. The van der Waals surface area contributed by atoms with E-state index in [0.717, 1.165) is 11.8 Å². The average molecular weight is 282 g/mol. The molecule has 18 heavy (non-hydrogen) atoms. The molecule has 6 nitrogen and oxygen atoms in total. The molecule has 0 rings (SSSR count). The number of aliphatic hydroxyl groups is 4. The van der Waals surface area contributed by atoms with Crippen LogP contribution in [0.3, 0.4) is 0 Å². The third-order valence-corrected chi connectivity index (χ3v) is 3.95. The summed E-state index contributed by atoms with van der Waals surface area (Å²) in [7, 11) is 0. The van der Waals surface area contributed by atoms with Gasteiger partial charge in [-0.2, -0.15) is 0 Å². The number of thioether (sulfide) groups is 1. The van der Waals surface area contributed by atoms with Crippen molar-refractivity contribution in [2.45, 2.75) is 31.8 Å². The highest BCUT2D eigenvalue weighted by Gasteiger charge is 2.45. The first-order valence-corrected chi connectivity index (χ1v) is 6.77. The number of aliphatic carboxylic acids is 1. The normalized spacial score (nSPS) is 18.4. The molecule has 3 atom stereocenters. The summed E-state index contributed by atoms with van der Waals surface area (Å²) >= 11 is 0.816. The highest BCUT2D eigenvalue weighted by molar-refractivity contribution is 7.99. The van der Waals surface area contributed by atoms with Gasteiger partial charge in [-0.25, -0.2) is 0 Å². The van der Waals surface area contributed by atoms with Crippen LogP contribution in [0.5, 0.6) is 0 Å². The molecule has 0 spiro atoms. The Morgan fingerprint density at radius 3 is 2.17 bits per heavy atom. The van der Waals surface area contributed by atoms with E-state index >= 15 is 0 Å². The zero-order valence-electron chi connectivity index (χ0n) is 10.6. The van der Waals surface area contributed by atoms with Gasteiger partial charge in [0.2, 0.25) is 0 Å². The predicted molar refractivity (Wildman–Crippen MR) is 68.2 cm³/mol. The van der Waals surface area contributed by atoms with Crippen molar-refractivity contribution in [2.75, 3.05) is 19.0 Å². The summed E-state index contributed by atoms with van der Waals surface area (Å²) in [5.41, 5.74) is -2.99. The van der Waals surface area contributed by atoms with Crippen LogP contribution in [-0.2, 0) is 4.79 Å². The molecule has 0 heterocycles. The number of carboxylic acid groups (broad SMARTS) is 1. The van der Waals surface area contributed by atoms with E-state index in [2.05, 4.69) is 0 Å². The molecule has 0 aromatic heterocycles. The van der Waals surface area contributed by atoms with Crippen molar-refractivity contribution < 1.29 is 30.3 Å². The second kappa shape index (κ2) is 7.96. The van der Waals surface area contributed by atoms with E-state index in [9.17, 15) is 25.2 Å². The van der Waals surface area contributed by atoms with Gasteiger partial charge in [0.15, 0.2) is 0 Å². The lowest BCUT2D eigenvalue weighted by molar-refractivity contribution is -0.157. The Bertz CT molecular complexity index is 260. The van der Waals surface area contributed by atoms with E-state index in [1.165, 1.54) is 0 Å². The van der Waals surface area contributed by atoms with Crippen LogP contribution in [0.25, 0.3) is 0 Å². The first-order chi connectivity index (χ1) is 8.30. The van der Waals surface area contributed by atoms with Gasteiger partial charge in [0.1, 0.15) is 10.9 Å². The van der Waals surface area contributed by atoms with Gasteiger partial charge in [-0.3, -0.25) is 4.79 Å². The summed E-state index contributed by atoms with van der Waals surface area (Å²) in [6, 6.07) is 0. The number of hydrogen-bond donors (Lipinski definition) is 5. The summed E-state index contributed by atoms with van der Waals surface area (Å²) in [4.78, 5) is 11.3. The Morgan fingerprint density at radius 2 is 1.83 bits per heavy atom. The van der Waals surface area contributed by atoms with Gasteiger partial charge < -0.3 is 25.5 Å². The lowest BCUT2D eigenvalue weighted by Crippen LogP contribution is -2.45. The van der Waals surface area contributed by atoms with Crippen LogP contribution in [0.4, 0.5) is 0 Å². The van der Waals surface area contributed by atoms with Gasteiger partial charge >= 0.3 is 5.97 Å². The van der Waals surface area contributed by atoms with Crippen molar-refractivity contribution in [3.05, 3.63) is 0 Å². The summed E-state index contributed by atoms with van der Waals surface area (Å²) in [6.45, 7) is 2.47. The molecule has 0 saturated heterocycles. The number of rotatable bonds is 9. The third-order valence-electron chi connectivity index (χ3n) is 2.61. The van der Waals surface area contributed by atoms with E-state index in [-0.39, 0.29) is 18.1 Å². The van der Waals surface area contributed by atoms with Gasteiger partial charge in [-0.1, -0.05) is 13.8 Å². The number of aliphatic hydroxyl groups excluding tert-OH is 4. The molecule has 108 valence electrons. The molecule has 0 radical (unpaired) electrons. The zero-order chi connectivity index (χ0) is 14.3. The van der Waals surface area contributed by atoms with Crippen molar-refractivity contribution in [2.24, 2.45) is 11.3 Å². The minimum absolute atomic E-state index is 0.00475. The van der Waals surface area contributed by atoms with Crippen LogP contribution < -0.4 is 0 Å². The Kier molecular flexibility index (Phi) is 7.81. The molecular weight excluding hydrogens is 260 g/mol. The maximum atomic E-state index is 11.3. The largest absolute Gasteiger partial charge is 0.481 e. The Labute approximate surface area is 111 Å². The molecule has 5 N–H and O–H groups in total. The van der Waals surface area contributed by atoms with E-state index in [1.54, 1.807) is 13.8 Å². The van der Waals surface area contributed by atoms with Crippen LogP contribution in [0.2, 0.25) is 0 Å². The quantitative estimate of drug-likeness (QED) is 0.362. The van der Waals surface area contributed by atoms with Gasteiger partial charge in [0.05, 0.1) is 19.3 Å². The monoisotopic (exact) mass is 282 g/mol. The van der Waals surface area contributed by atoms with Crippen LogP contribution in [-0.4, -0.2) is 62.0 Å². The predicted octanol–water partition coefficient (Wildman–Crippen LogP) is -0.499. The third kappa shape index (κ3) is 4.74. The summed E-state index contributed by atoms with van der Waals surface area (Å²) in [5.74, 6) is -1.27. The standard InChI is InChI=1S/C11H22O6S/c1-7(2)3-11(6-13,9(15)16)10(17)18-5-8(14)4-12/h7-8,10,12-14,17H,3-6H2,1-2H3,(H,15,16)/t8?,10?,11-/m0/s1. The molecule has 0 aliphatic carbocycles. The molecule has 0 aromatic carbocycles. The molecule has 0 aromatic rings. The van der Waals surface area contributed by atoms with E-state index < -0.39 is 36.1 Å². The second-order valence-electron chi connectivity index (χ2n) is 4.74. The first-order valence-electron chi connectivity index (χ1n) is 5.73. The first kappa shape index (κ1) is 17.7. The van der Waals surface area contributed by atoms with Gasteiger partial charge in [-0.15, -0.1) is 11.8 Å². The Hall–Kier alpha value is -0.340. The molecule has 2 unspecified atom stereocenters. The fourth-order valence-corrected chi connectivity index (χ4v) is 2.75. The van der Waals surface area contributed by atoms with E-state index in [0.29, 0.717) is 0 Å². The van der Waals surface area contributed by atoms with Gasteiger partial charge in [-0.05, 0) is 12.3 Å². The molecule has 0 fully saturated rings. The van der Waals surface area contributed by atoms with Crippen molar-refractivity contribution >= 4 is 17.7 Å². The van der Waals surface area contributed by atoms with Crippen LogP contribution in [0.15, 0.2) is 0 Å². The van der Waals surface area contributed by atoms with Crippen molar-refractivity contribution in [3.63, 3.8) is 0 Å². The van der Waals surface area contributed by atoms with Crippen molar-refractivity contribution in [1.82, 2.24) is 0 Å². The maximum Gasteiger partial charge on any atom is 0.315 e. The van der Waals surface area contributed by atoms with Crippen molar-refractivity contribution in [3.8, 4) is 0 Å². The van der Waals surface area contributed by atoms with Gasteiger partial charge in [0.25, 0.3) is 0 Å². The highest BCUT2D eigenvalue weighted by atomic mass is 32.2. The summed E-state index contributed by atoms with van der Waals surface area (Å²) < 4.78 is 0. The molecule has 0 aliphatic heterocycles. The Morgan fingerprint density at radius 1 is 1.28 bits per heavy atom. The summed E-state index contributed by atoms with van der Waals surface area (Å²) in [6.07, 6.45) is -0.892. The smallest absolute Gasteiger partial charge is 0.315 e. The van der Waals surface area contributed by atoms with Crippen molar-refractivity contribution in [1.29, 1.82) is 0 Å². The minimum atomic E-state index is -1.64. The number of hydrogen-bond acceptors (Lipinski definition) is 6. The number of carboxylic acids is 1. The summed E-state index contributed by atoms with van der Waals surface area (Å²) in [5, 5.41) is 46.3. The lowest BCUT2D eigenvalue weighted by Gasteiger charge is -2.33. The fraction of sp³-hybridized carbons (Fsp3) is 0.909. The molecule has 0 aliphatic rings. The average Bonchev–Trinajstić information content (AvgIpc) is 2.31. The molecule has 7 heteroatoms. The fourth-order valence-electron chi connectivity index (χ4n) is 1.65. The maximum absolute atomic E-state index is 11.3. The molecule has 0 bridgehead atoms. The van der Waals surface area contributed by atoms with Crippen LogP contribution >= 0.6 is 11.8 Å². The second-order valence-corrected chi connectivity index (χ2v) is 5.85. The van der Waals surface area contributed by atoms with Gasteiger partial charge in [0, 0.05) is 5.75 Å². The zero-order valence-corrected chi connectivity index (χ0v) is 11.4.